The van der Waals surface area contributed by atoms with Gasteiger partial charge in [0.05, 0.1) is 16.7 Å². The lowest BCUT2D eigenvalue weighted by Crippen LogP contribution is -2.21. The Morgan fingerprint density at radius 3 is 2.39 bits per heavy atom. The molecule has 0 aliphatic carbocycles. The van der Waals surface area contributed by atoms with Crippen molar-refractivity contribution in [3.63, 3.8) is 0 Å². The minimum absolute atomic E-state index is 0.0576. The van der Waals surface area contributed by atoms with E-state index in [0.29, 0.717) is 5.75 Å². The molecule has 0 bridgehead atoms. The number of ether oxygens (including phenoxy) is 1. The van der Waals surface area contributed by atoms with Crippen LogP contribution in [0.1, 0.15) is 17.0 Å². The molecule has 0 aliphatic heterocycles. The first-order valence-corrected chi connectivity index (χ1v) is 8.97. The van der Waals surface area contributed by atoms with E-state index in [1.54, 1.807) is 24.3 Å². The number of rotatable bonds is 6. The quantitative estimate of drug-likeness (QED) is 0.441. The molecule has 0 saturated heterocycles. The lowest BCUT2D eigenvalue weighted by atomic mass is 10.2. The van der Waals surface area contributed by atoms with Gasteiger partial charge in [-0.15, -0.1) is 0 Å². The van der Waals surface area contributed by atoms with Gasteiger partial charge in [0.2, 0.25) is 5.91 Å². The average Bonchev–Trinajstić information content (AvgIpc) is 3.04. The van der Waals surface area contributed by atoms with E-state index in [-0.39, 0.29) is 22.8 Å². The zero-order chi connectivity index (χ0) is 22.8. The molecule has 0 radical (unpaired) electrons. The smallest absolute Gasteiger partial charge is 0.435 e. The maximum atomic E-state index is 12.8. The van der Waals surface area contributed by atoms with Gasteiger partial charge in [0, 0.05) is 17.8 Å². The maximum absolute atomic E-state index is 12.8. The number of aryl methyl sites for hydroxylation is 2. The van der Waals surface area contributed by atoms with Crippen LogP contribution in [-0.2, 0) is 17.5 Å². The summed E-state index contributed by atoms with van der Waals surface area (Å²) >= 11 is 0. The summed E-state index contributed by atoms with van der Waals surface area (Å²) in [5.41, 5.74) is -0.231. The molecule has 2 aromatic carbocycles. The normalized spacial score (nSPS) is 11.3. The summed E-state index contributed by atoms with van der Waals surface area (Å²) in [5.74, 6) is -0.153. The van der Waals surface area contributed by atoms with E-state index < -0.39 is 29.2 Å². The molecule has 1 aromatic heterocycles. The zero-order valence-corrected chi connectivity index (χ0v) is 16.4. The number of carbonyl (C=O) groups is 1. The number of alkyl halides is 3. The lowest BCUT2D eigenvalue weighted by Gasteiger charge is -2.10. The van der Waals surface area contributed by atoms with E-state index in [0.717, 1.165) is 22.4 Å². The highest BCUT2D eigenvalue weighted by atomic mass is 19.4. The van der Waals surface area contributed by atoms with Crippen molar-refractivity contribution in [3.8, 4) is 11.5 Å². The second-order valence-electron chi connectivity index (χ2n) is 6.76. The van der Waals surface area contributed by atoms with Crippen LogP contribution in [0.15, 0.2) is 48.5 Å². The van der Waals surface area contributed by atoms with E-state index in [9.17, 15) is 28.1 Å². The molecule has 1 N–H and O–H groups in total. The molecule has 0 aliphatic rings. The molecule has 1 amide bonds. The second-order valence-corrected chi connectivity index (χ2v) is 6.76. The van der Waals surface area contributed by atoms with Gasteiger partial charge in [-0.2, -0.15) is 18.3 Å². The average molecular weight is 434 g/mol. The Bertz CT molecular complexity index is 1120. The lowest BCUT2D eigenvalue weighted by molar-refractivity contribution is -0.384. The number of amides is 1. The minimum Gasteiger partial charge on any atom is -0.457 e. The van der Waals surface area contributed by atoms with Gasteiger partial charge >= 0.3 is 6.18 Å². The van der Waals surface area contributed by atoms with Crippen molar-refractivity contribution >= 4 is 17.3 Å². The van der Waals surface area contributed by atoms with E-state index in [1.165, 1.54) is 19.1 Å². The molecule has 0 fully saturated rings. The monoisotopic (exact) mass is 434 g/mol. The summed E-state index contributed by atoms with van der Waals surface area (Å²) in [6.07, 6.45) is -4.63. The third-order valence-electron chi connectivity index (χ3n) is 4.21. The molecular weight excluding hydrogens is 417 g/mol. The van der Waals surface area contributed by atoms with Crippen molar-refractivity contribution in [2.24, 2.45) is 0 Å². The highest BCUT2D eigenvalue weighted by molar-refractivity contribution is 5.91. The molecule has 1 heterocycles. The third kappa shape index (κ3) is 5.59. The molecule has 0 unspecified atom stereocenters. The molecule has 3 rings (SSSR count). The highest BCUT2D eigenvalue weighted by Crippen LogP contribution is 2.30. The van der Waals surface area contributed by atoms with Crippen LogP contribution in [0.3, 0.4) is 0 Å². The summed E-state index contributed by atoms with van der Waals surface area (Å²) in [6, 6.07) is 11.5. The molecule has 0 saturated carbocycles. The summed E-state index contributed by atoms with van der Waals surface area (Å²) in [7, 11) is 0. The molecule has 31 heavy (non-hydrogen) atoms. The Balaban J connectivity index is 1.79. The van der Waals surface area contributed by atoms with E-state index in [1.807, 2.05) is 6.92 Å². The van der Waals surface area contributed by atoms with Crippen molar-refractivity contribution in [1.82, 2.24) is 9.78 Å². The number of aromatic nitrogens is 2. The van der Waals surface area contributed by atoms with Gasteiger partial charge < -0.3 is 10.1 Å². The first-order valence-electron chi connectivity index (χ1n) is 8.97. The van der Waals surface area contributed by atoms with Crippen molar-refractivity contribution in [2.45, 2.75) is 26.6 Å². The Morgan fingerprint density at radius 2 is 1.81 bits per heavy atom. The summed E-state index contributed by atoms with van der Waals surface area (Å²) in [5, 5.41) is 17.1. The van der Waals surface area contributed by atoms with Crippen molar-refractivity contribution in [3.05, 3.63) is 75.6 Å². The van der Waals surface area contributed by atoms with E-state index >= 15 is 0 Å². The van der Waals surface area contributed by atoms with Crippen LogP contribution in [0.5, 0.6) is 11.5 Å². The number of nitro groups is 1. The van der Waals surface area contributed by atoms with Gasteiger partial charge in [-0.25, -0.2) is 0 Å². The topological polar surface area (TPSA) is 99.3 Å². The second kappa shape index (κ2) is 8.46. The molecule has 162 valence electrons. The molecule has 11 heteroatoms. The van der Waals surface area contributed by atoms with Gasteiger partial charge in [0.15, 0.2) is 5.69 Å². The third-order valence-corrected chi connectivity index (χ3v) is 4.21. The van der Waals surface area contributed by atoms with Gasteiger partial charge in [-0.1, -0.05) is 17.7 Å². The first kappa shape index (κ1) is 21.8. The fourth-order valence-corrected chi connectivity index (χ4v) is 2.71. The number of hydrogen-bond acceptors (Lipinski definition) is 5. The molecule has 0 spiro atoms. The minimum atomic E-state index is -4.63. The van der Waals surface area contributed by atoms with Crippen LogP contribution in [0, 0.1) is 24.0 Å². The number of nitrogens with zero attached hydrogens (tertiary/aromatic N) is 3. The summed E-state index contributed by atoms with van der Waals surface area (Å²) < 4.78 is 44.9. The van der Waals surface area contributed by atoms with Gasteiger partial charge in [-0.05, 0) is 32.0 Å². The number of nitro benzene ring substituents is 1. The van der Waals surface area contributed by atoms with E-state index in [2.05, 4.69) is 10.4 Å². The number of non-ortho nitro benzene ring substituents is 1. The number of nitrogens with one attached hydrogen (secondary N) is 1. The highest BCUT2D eigenvalue weighted by Gasteiger charge is 2.34. The zero-order valence-electron chi connectivity index (χ0n) is 16.4. The number of benzene rings is 2. The maximum Gasteiger partial charge on any atom is 0.435 e. The van der Waals surface area contributed by atoms with Gasteiger partial charge in [-0.3, -0.25) is 19.6 Å². The summed E-state index contributed by atoms with van der Waals surface area (Å²) in [6.45, 7) is 2.78. The van der Waals surface area contributed by atoms with Crippen LogP contribution in [-0.4, -0.2) is 20.6 Å². The van der Waals surface area contributed by atoms with Crippen LogP contribution in [0.25, 0.3) is 0 Å². The first-order chi connectivity index (χ1) is 14.5. The molecule has 0 atom stereocenters. The standard InChI is InChI=1S/C20H17F3N4O4/c1-12-3-5-16(6-4-12)31-17-9-14(8-15(10-17)27(29)30)24-19(28)11-26-13(2)7-18(25-26)20(21,22)23/h3-10H,11H2,1-2H3,(H,24,28). The Kier molecular flexibility index (Phi) is 5.95. The number of carbonyl (C=O) groups excluding carboxylic acids is 1. The fraction of sp³-hybridized carbons (Fsp3) is 0.200. The number of hydrogen-bond donors (Lipinski definition) is 1. The number of anilines is 1. The van der Waals surface area contributed by atoms with Crippen molar-refractivity contribution in [2.75, 3.05) is 5.32 Å². The Hall–Kier alpha value is -3.89. The van der Waals surface area contributed by atoms with Gasteiger partial charge in [0.1, 0.15) is 18.0 Å². The van der Waals surface area contributed by atoms with E-state index in [4.69, 9.17) is 4.74 Å². The number of halogens is 3. The van der Waals surface area contributed by atoms with Crippen molar-refractivity contribution < 1.29 is 27.6 Å². The van der Waals surface area contributed by atoms with Crippen LogP contribution in [0.4, 0.5) is 24.5 Å². The predicted octanol–water partition coefficient (Wildman–Crippen LogP) is 4.86. The summed E-state index contributed by atoms with van der Waals surface area (Å²) in [4.78, 5) is 22.9. The largest absolute Gasteiger partial charge is 0.457 e. The van der Waals surface area contributed by atoms with Crippen LogP contribution in [0.2, 0.25) is 0 Å². The SMILES string of the molecule is Cc1ccc(Oc2cc(NC(=O)Cn3nc(C(F)(F)F)cc3C)cc([N+](=O)[O-])c2)cc1. The predicted molar refractivity (Wildman–Crippen MR) is 105 cm³/mol. The van der Waals surface area contributed by atoms with Crippen molar-refractivity contribution in [1.29, 1.82) is 0 Å². The Labute approximate surface area is 174 Å². The molecule has 3 aromatic rings. The fourth-order valence-electron chi connectivity index (χ4n) is 2.71. The Morgan fingerprint density at radius 1 is 1.13 bits per heavy atom. The van der Waals surface area contributed by atoms with Gasteiger partial charge in [0.25, 0.3) is 5.69 Å². The molecule has 8 nitrogen and oxygen atoms in total. The van der Waals surface area contributed by atoms with Crippen LogP contribution >= 0.6 is 0 Å². The molecular formula is C20H17F3N4O4. The van der Waals surface area contributed by atoms with Crippen LogP contribution < -0.4 is 10.1 Å².